The Hall–Kier alpha value is -1.85. The average Bonchev–Trinajstić information content (AvgIpc) is 3.20. The molecule has 2 heterocycles. The molecule has 1 saturated heterocycles. The van der Waals surface area contributed by atoms with Crippen LogP contribution in [0.15, 0.2) is 55.1 Å². The molecule has 4 rings (SSSR count). The van der Waals surface area contributed by atoms with Crippen LogP contribution in [0.4, 0.5) is 0 Å². The maximum atomic E-state index is 4.26. The van der Waals surface area contributed by atoms with Crippen LogP contribution in [-0.4, -0.2) is 27.1 Å². The molecule has 1 fully saturated rings. The van der Waals surface area contributed by atoms with E-state index in [1.807, 2.05) is 16.4 Å². The summed E-state index contributed by atoms with van der Waals surface area (Å²) in [7, 11) is 0. The third kappa shape index (κ3) is 2.32. The van der Waals surface area contributed by atoms with Gasteiger partial charge in [0.05, 0.1) is 6.54 Å². The Morgan fingerprint density at radius 2 is 2.10 bits per heavy atom. The highest BCUT2D eigenvalue weighted by molar-refractivity contribution is 8.00. The number of hydrogen-bond acceptors (Lipinski definition) is 4. The minimum atomic E-state index is -0.113. The maximum absolute atomic E-state index is 4.26. The molecular formula is C16H16N4S. The van der Waals surface area contributed by atoms with Crippen LogP contribution in [0.25, 0.3) is 10.8 Å². The molecule has 1 aliphatic heterocycles. The Morgan fingerprint density at radius 1 is 1.19 bits per heavy atom. The number of aromatic nitrogens is 3. The van der Waals surface area contributed by atoms with Crippen molar-refractivity contribution in [2.24, 2.45) is 0 Å². The smallest absolute Gasteiger partial charge is 0.137 e. The summed E-state index contributed by atoms with van der Waals surface area (Å²) in [6.07, 6.45) is 3.37. The number of fused-ring (bicyclic) bond motifs is 1. The van der Waals surface area contributed by atoms with Crippen LogP contribution in [0.2, 0.25) is 0 Å². The highest BCUT2D eigenvalue weighted by Crippen LogP contribution is 2.39. The van der Waals surface area contributed by atoms with Gasteiger partial charge in [-0.3, -0.25) is 5.32 Å². The van der Waals surface area contributed by atoms with Crippen LogP contribution in [0.5, 0.6) is 0 Å². The van der Waals surface area contributed by atoms with Gasteiger partial charge in [-0.15, -0.1) is 11.8 Å². The fourth-order valence-corrected chi connectivity index (χ4v) is 4.16. The first-order valence-electron chi connectivity index (χ1n) is 7.06. The van der Waals surface area contributed by atoms with Crippen LogP contribution in [-0.2, 0) is 11.4 Å². The molecule has 5 heteroatoms. The van der Waals surface area contributed by atoms with Crippen molar-refractivity contribution in [2.75, 3.05) is 12.3 Å². The second-order valence-electron chi connectivity index (χ2n) is 5.26. The highest BCUT2D eigenvalue weighted by Gasteiger charge is 2.37. The summed E-state index contributed by atoms with van der Waals surface area (Å²) in [5, 5.41) is 10.5. The molecule has 3 aromatic rings. The standard InChI is InChI=1S/C16H16N4S/c1-2-4-14-9-15(6-5-13(14)3-1)16(18-7-8-21-16)10-20-12-17-11-19-20/h1-6,9,11-12,18H,7-8,10H2. The molecule has 0 amide bonds. The van der Waals surface area contributed by atoms with Gasteiger partial charge in [0, 0.05) is 12.3 Å². The van der Waals surface area contributed by atoms with Gasteiger partial charge in [0.1, 0.15) is 17.5 Å². The van der Waals surface area contributed by atoms with Crippen LogP contribution >= 0.6 is 11.8 Å². The van der Waals surface area contributed by atoms with Crippen LogP contribution in [0.1, 0.15) is 5.56 Å². The van der Waals surface area contributed by atoms with E-state index in [0.29, 0.717) is 0 Å². The fraction of sp³-hybridized carbons (Fsp3) is 0.250. The fourth-order valence-electron chi connectivity index (χ4n) is 2.89. The second-order valence-corrected chi connectivity index (χ2v) is 6.65. The van der Waals surface area contributed by atoms with Gasteiger partial charge in [0.25, 0.3) is 0 Å². The van der Waals surface area contributed by atoms with E-state index in [1.54, 1.807) is 12.7 Å². The van der Waals surface area contributed by atoms with Crippen molar-refractivity contribution in [2.45, 2.75) is 11.4 Å². The van der Waals surface area contributed by atoms with Gasteiger partial charge >= 0.3 is 0 Å². The molecule has 1 atom stereocenters. The Bertz CT molecular complexity index is 748. The molecule has 106 valence electrons. The zero-order valence-corrected chi connectivity index (χ0v) is 12.4. The first kappa shape index (κ1) is 12.9. The van der Waals surface area contributed by atoms with Gasteiger partial charge in [0.15, 0.2) is 0 Å². The molecule has 1 unspecified atom stereocenters. The SMILES string of the molecule is c1ccc2cc(C3(Cn4cncn4)NCCS3)ccc2c1. The van der Waals surface area contributed by atoms with Crippen molar-refractivity contribution in [3.05, 3.63) is 60.7 Å². The van der Waals surface area contributed by atoms with E-state index in [9.17, 15) is 0 Å². The Kier molecular flexibility index (Phi) is 3.16. The topological polar surface area (TPSA) is 42.7 Å². The number of rotatable bonds is 3. The Labute approximate surface area is 127 Å². The zero-order chi connectivity index (χ0) is 14.1. The van der Waals surface area contributed by atoms with Gasteiger partial charge in [0.2, 0.25) is 0 Å². The summed E-state index contributed by atoms with van der Waals surface area (Å²) in [5.41, 5.74) is 1.30. The second kappa shape index (κ2) is 5.16. The first-order chi connectivity index (χ1) is 10.4. The van der Waals surface area contributed by atoms with Crippen molar-refractivity contribution >= 4 is 22.5 Å². The van der Waals surface area contributed by atoms with Gasteiger partial charge in [-0.2, -0.15) is 5.10 Å². The highest BCUT2D eigenvalue weighted by atomic mass is 32.2. The summed E-state index contributed by atoms with van der Waals surface area (Å²) in [6.45, 7) is 1.81. The predicted molar refractivity (Wildman–Crippen MR) is 86.1 cm³/mol. The normalized spacial score (nSPS) is 21.9. The van der Waals surface area contributed by atoms with Crippen molar-refractivity contribution in [3.8, 4) is 0 Å². The average molecular weight is 296 g/mol. The number of benzene rings is 2. The zero-order valence-electron chi connectivity index (χ0n) is 11.6. The molecular weight excluding hydrogens is 280 g/mol. The maximum Gasteiger partial charge on any atom is 0.137 e. The van der Waals surface area contributed by atoms with Crippen molar-refractivity contribution in [1.82, 2.24) is 20.1 Å². The van der Waals surface area contributed by atoms with Crippen molar-refractivity contribution in [1.29, 1.82) is 0 Å². The molecule has 1 aromatic heterocycles. The van der Waals surface area contributed by atoms with Gasteiger partial charge in [-0.1, -0.05) is 36.4 Å². The lowest BCUT2D eigenvalue weighted by molar-refractivity contribution is 0.422. The van der Waals surface area contributed by atoms with E-state index in [2.05, 4.69) is 57.9 Å². The molecule has 4 nitrogen and oxygen atoms in total. The van der Waals surface area contributed by atoms with E-state index < -0.39 is 0 Å². The number of hydrogen-bond donors (Lipinski definition) is 1. The third-order valence-corrected chi connectivity index (χ3v) is 5.34. The largest absolute Gasteiger partial charge is 0.297 e. The summed E-state index contributed by atoms with van der Waals surface area (Å²) in [6, 6.07) is 15.2. The van der Waals surface area contributed by atoms with Crippen LogP contribution < -0.4 is 5.32 Å². The Morgan fingerprint density at radius 3 is 2.86 bits per heavy atom. The lowest BCUT2D eigenvalue weighted by Gasteiger charge is -2.29. The van der Waals surface area contributed by atoms with Crippen LogP contribution in [0.3, 0.4) is 0 Å². The van der Waals surface area contributed by atoms with Gasteiger partial charge in [-0.25, -0.2) is 9.67 Å². The lowest BCUT2D eigenvalue weighted by Crippen LogP contribution is -2.38. The van der Waals surface area contributed by atoms with Gasteiger partial charge < -0.3 is 0 Å². The first-order valence-corrected chi connectivity index (χ1v) is 8.05. The van der Waals surface area contributed by atoms with Crippen LogP contribution in [0, 0.1) is 0 Å². The summed E-state index contributed by atoms with van der Waals surface area (Å²) in [5.74, 6) is 1.11. The minimum Gasteiger partial charge on any atom is -0.297 e. The molecule has 1 aliphatic rings. The monoisotopic (exact) mass is 296 g/mol. The van der Waals surface area contributed by atoms with Crippen molar-refractivity contribution < 1.29 is 0 Å². The summed E-state index contributed by atoms with van der Waals surface area (Å²) < 4.78 is 1.90. The molecule has 0 spiro atoms. The molecule has 0 bridgehead atoms. The molecule has 0 saturated carbocycles. The van der Waals surface area contributed by atoms with E-state index in [1.165, 1.54) is 16.3 Å². The van der Waals surface area contributed by atoms with E-state index in [0.717, 1.165) is 18.8 Å². The molecule has 0 radical (unpaired) electrons. The molecule has 0 aliphatic carbocycles. The summed E-state index contributed by atoms with van der Waals surface area (Å²) in [4.78, 5) is 3.94. The van der Waals surface area contributed by atoms with E-state index in [4.69, 9.17) is 0 Å². The number of nitrogens with zero attached hydrogens (tertiary/aromatic N) is 3. The van der Waals surface area contributed by atoms with E-state index >= 15 is 0 Å². The van der Waals surface area contributed by atoms with Crippen molar-refractivity contribution in [3.63, 3.8) is 0 Å². The summed E-state index contributed by atoms with van der Waals surface area (Å²) >= 11 is 1.95. The Balaban J connectivity index is 1.78. The van der Waals surface area contributed by atoms with E-state index in [-0.39, 0.29) is 4.87 Å². The molecule has 21 heavy (non-hydrogen) atoms. The van der Waals surface area contributed by atoms with Gasteiger partial charge in [-0.05, 0) is 22.4 Å². The number of thioether (sulfide) groups is 1. The number of nitrogens with one attached hydrogen (secondary N) is 1. The predicted octanol–water partition coefficient (Wildman–Crippen LogP) is 2.62. The lowest BCUT2D eigenvalue weighted by atomic mass is 10.0. The molecule has 1 N–H and O–H groups in total. The minimum absolute atomic E-state index is 0.113. The third-order valence-electron chi connectivity index (χ3n) is 3.93. The quantitative estimate of drug-likeness (QED) is 0.807. The molecule has 2 aromatic carbocycles.